The molecule has 0 saturated heterocycles. The highest BCUT2D eigenvalue weighted by atomic mass is 17.2. The molecule has 0 fully saturated rings. The van der Waals surface area contributed by atoms with Crippen LogP contribution in [0.2, 0.25) is 0 Å². The van der Waals surface area contributed by atoms with Crippen molar-refractivity contribution in [2.75, 3.05) is 0 Å². The number of aliphatic hydroxyl groups excluding tert-OH is 1. The highest BCUT2D eigenvalue weighted by molar-refractivity contribution is 5.69. The summed E-state index contributed by atoms with van der Waals surface area (Å²) in [6, 6.07) is 8.67. The molecule has 76 valence electrons. The average Bonchev–Trinajstić information content (AvgIpc) is 2.15. The molecule has 0 aliphatic rings. The van der Waals surface area contributed by atoms with Crippen LogP contribution < -0.4 is 4.89 Å². The molecule has 0 radical (unpaired) electrons. The summed E-state index contributed by atoms with van der Waals surface area (Å²) in [5, 5.41) is 8.86. The van der Waals surface area contributed by atoms with Crippen molar-refractivity contribution in [3.63, 3.8) is 0 Å². The SMILES string of the molecule is CC(O)CC(=O)OOc1ccccc1. The van der Waals surface area contributed by atoms with Gasteiger partial charge in [-0.1, -0.05) is 18.2 Å². The summed E-state index contributed by atoms with van der Waals surface area (Å²) in [5.74, 6) is -0.143. The highest BCUT2D eigenvalue weighted by Gasteiger charge is 2.08. The van der Waals surface area contributed by atoms with E-state index in [0.29, 0.717) is 5.75 Å². The maximum Gasteiger partial charge on any atom is 0.358 e. The molecule has 4 nitrogen and oxygen atoms in total. The van der Waals surface area contributed by atoms with Crippen LogP contribution in [-0.4, -0.2) is 17.2 Å². The van der Waals surface area contributed by atoms with Gasteiger partial charge in [0.15, 0.2) is 5.75 Å². The largest absolute Gasteiger partial charge is 0.393 e. The summed E-state index contributed by atoms with van der Waals surface area (Å²) in [6.45, 7) is 1.50. The van der Waals surface area contributed by atoms with Gasteiger partial charge in [-0.3, -0.25) is 9.78 Å². The van der Waals surface area contributed by atoms with E-state index in [9.17, 15) is 4.79 Å². The molecule has 1 aromatic rings. The molecular weight excluding hydrogens is 184 g/mol. The topological polar surface area (TPSA) is 55.8 Å². The minimum atomic E-state index is -0.720. The standard InChI is InChI=1S/C10H12O4/c1-8(11)7-10(12)14-13-9-5-3-2-4-6-9/h2-6,8,11H,7H2,1H3. The third-order valence-corrected chi connectivity index (χ3v) is 1.44. The van der Waals surface area contributed by atoms with Crippen LogP contribution in [0, 0.1) is 0 Å². The van der Waals surface area contributed by atoms with Crippen LogP contribution in [0.15, 0.2) is 30.3 Å². The zero-order chi connectivity index (χ0) is 10.4. The van der Waals surface area contributed by atoms with E-state index in [1.165, 1.54) is 6.92 Å². The van der Waals surface area contributed by atoms with Gasteiger partial charge in [0.2, 0.25) is 0 Å². The van der Waals surface area contributed by atoms with Gasteiger partial charge >= 0.3 is 5.97 Å². The fraction of sp³-hybridized carbons (Fsp3) is 0.300. The van der Waals surface area contributed by atoms with Gasteiger partial charge in [0.05, 0.1) is 12.5 Å². The minimum Gasteiger partial charge on any atom is -0.393 e. The van der Waals surface area contributed by atoms with Crippen molar-refractivity contribution in [1.29, 1.82) is 0 Å². The Kier molecular flexibility index (Phi) is 3.94. The average molecular weight is 196 g/mol. The molecule has 0 spiro atoms. The summed E-state index contributed by atoms with van der Waals surface area (Å²) < 4.78 is 0. The Balaban J connectivity index is 2.31. The van der Waals surface area contributed by atoms with Gasteiger partial charge in [-0.05, 0) is 19.1 Å². The van der Waals surface area contributed by atoms with E-state index >= 15 is 0 Å². The maximum atomic E-state index is 10.9. The molecule has 0 bridgehead atoms. The number of rotatable bonds is 4. The summed E-state index contributed by atoms with van der Waals surface area (Å²) in [7, 11) is 0. The molecule has 4 heteroatoms. The number of benzene rings is 1. The van der Waals surface area contributed by atoms with E-state index in [0.717, 1.165) is 0 Å². The third-order valence-electron chi connectivity index (χ3n) is 1.44. The van der Waals surface area contributed by atoms with Crippen molar-refractivity contribution >= 4 is 5.97 Å². The smallest absolute Gasteiger partial charge is 0.358 e. The molecule has 0 heterocycles. The lowest BCUT2D eigenvalue weighted by molar-refractivity contribution is -0.215. The van der Waals surface area contributed by atoms with Gasteiger partial charge in [-0.15, -0.1) is 0 Å². The van der Waals surface area contributed by atoms with Crippen LogP contribution in [-0.2, 0) is 9.68 Å². The predicted molar refractivity (Wildman–Crippen MR) is 49.5 cm³/mol. The van der Waals surface area contributed by atoms with E-state index in [-0.39, 0.29) is 6.42 Å². The number of carbonyl (C=O) groups is 1. The van der Waals surface area contributed by atoms with E-state index in [1.807, 2.05) is 6.07 Å². The Morgan fingerprint density at radius 2 is 2.07 bits per heavy atom. The molecule has 1 N–H and O–H groups in total. The minimum absolute atomic E-state index is 0.0766. The Bertz CT molecular complexity index is 281. The number of hydrogen-bond donors (Lipinski definition) is 1. The van der Waals surface area contributed by atoms with Crippen LogP contribution in [0.3, 0.4) is 0 Å². The molecule has 0 saturated carbocycles. The lowest BCUT2D eigenvalue weighted by Crippen LogP contribution is -2.14. The molecule has 0 aliphatic carbocycles. The molecule has 0 aliphatic heterocycles. The molecule has 0 aromatic heterocycles. The van der Waals surface area contributed by atoms with E-state index in [2.05, 4.69) is 4.89 Å². The van der Waals surface area contributed by atoms with Crippen molar-refractivity contribution in [3.8, 4) is 5.75 Å². The summed E-state index contributed by atoms with van der Waals surface area (Å²) in [6.07, 6.45) is -0.797. The monoisotopic (exact) mass is 196 g/mol. The highest BCUT2D eigenvalue weighted by Crippen LogP contribution is 2.09. The normalized spacial score (nSPS) is 11.9. The molecule has 1 rings (SSSR count). The second kappa shape index (κ2) is 5.24. The van der Waals surface area contributed by atoms with Crippen molar-refractivity contribution < 1.29 is 19.7 Å². The number of aliphatic hydroxyl groups is 1. The molecule has 14 heavy (non-hydrogen) atoms. The Labute approximate surface area is 82.0 Å². The van der Waals surface area contributed by atoms with Gasteiger partial charge in [0.25, 0.3) is 0 Å². The fourth-order valence-electron chi connectivity index (χ4n) is 0.846. The van der Waals surface area contributed by atoms with Crippen molar-refractivity contribution in [2.45, 2.75) is 19.4 Å². The quantitative estimate of drug-likeness (QED) is 0.582. The number of carbonyl (C=O) groups excluding carboxylic acids is 1. The first-order valence-corrected chi connectivity index (χ1v) is 4.29. The van der Waals surface area contributed by atoms with Crippen LogP contribution in [0.5, 0.6) is 5.75 Å². The number of para-hydroxylation sites is 1. The summed E-state index contributed by atoms with van der Waals surface area (Å²) >= 11 is 0. The number of hydrogen-bond acceptors (Lipinski definition) is 4. The maximum absolute atomic E-state index is 10.9. The summed E-state index contributed by atoms with van der Waals surface area (Å²) in [4.78, 5) is 20.1. The Morgan fingerprint density at radius 3 is 2.64 bits per heavy atom. The molecule has 1 unspecified atom stereocenters. The van der Waals surface area contributed by atoms with Gasteiger partial charge in [-0.25, -0.2) is 4.79 Å². The molecule has 0 amide bonds. The van der Waals surface area contributed by atoms with E-state index in [4.69, 9.17) is 9.99 Å². The first-order chi connectivity index (χ1) is 6.68. The second-order valence-corrected chi connectivity index (χ2v) is 2.90. The van der Waals surface area contributed by atoms with Gasteiger partial charge in [0.1, 0.15) is 0 Å². The zero-order valence-corrected chi connectivity index (χ0v) is 7.84. The van der Waals surface area contributed by atoms with Crippen LogP contribution >= 0.6 is 0 Å². The van der Waals surface area contributed by atoms with Gasteiger partial charge < -0.3 is 5.11 Å². The van der Waals surface area contributed by atoms with Crippen molar-refractivity contribution in [3.05, 3.63) is 30.3 Å². The molecule has 1 atom stereocenters. The van der Waals surface area contributed by atoms with Crippen LogP contribution in [0.4, 0.5) is 0 Å². The Hall–Kier alpha value is -1.55. The Morgan fingerprint density at radius 1 is 1.43 bits per heavy atom. The van der Waals surface area contributed by atoms with Crippen molar-refractivity contribution in [2.24, 2.45) is 0 Å². The first kappa shape index (κ1) is 10.5. The lowest BCUT2D eigenvalue weighted by atomic mass is 10.3. The lowest BCUT2D eigenvalue weighted by Gasteiger charge is -2.04. The predicted octanol–water partition coefficient (Wildman–Crippen LogP) is 1.29. The van der Waals surface area contributed by atoms with Gasteiger partial charge in [0, 0.05) is 0 Å². The zero-order valence-electron chi connectivity index (χ0n) is 7.84. The van der Waals surface area contributed by atoms with Crippen molar-refractivity contribution in [1.82, 2.24) is 0 Å². The van der Waals surface area contributed by atoms with Gasteiger partial charge in [-0.2, -0.15) is 0 Å². The molecular formula is C10H12O4. The van der Waals surface area contributed by atoms with E-state index in [1.54, 1.807) is 24.3 Å². The first-order valence-electron chi connectivity index (χ1n) is 4.29. The second-order valence-electron chi connectivity index (χ2n) is 2.90. The van der Waals surface area contributed by atoms with Crippen LogP contribution in [0.25, 0.3) is 0 Å². The fourth-order valence-corrected chi connectivity index (χ4v) is 0.846. The third kappa shape index (κ3) is 3.91. The summed E-state index contributed by atoms with van der Waals surface area (Å²) in [5.41, 5.74) is 0. The van der Waals surface area contributed by atoms with E-state index < -0.39 is 12.1 Å². The molecule has 1 aromatic carbocycles. The van der Waals surface area contributed by atoms with Crippen LogP contribution in [0.1, 0.15) is 13.3 Å².